The van der Waals surface area contributed by atoms with Crippen molar-refractivity contribution in [2.75, 3.05) is 13.6 Å². The van der Waals surface area contributed by atoms with E-state index in [1.807, 2.05) is 17.9 Å². The number of halogens is 1. The number of aliphatic hydroxyl groups is 1. The van der Waals surface area contributed by atoms with Crippen LogP contribution >= 0.6 is 11.6 Å². The summed E-state index contributed by atoms with van der Waals surface area (Å²) in [5.74, 6) is 0.459. The highest BCUT2D eigenvalue weighted by atomic mass is 35.5. The van der Waals surface area contributed by atoms with Crippen LogP contribution in [0.15, 0.2) is 29.8 Å². The molecule has 1 unspecified atom stereocenters. The van der Waals surface area contributed by atoms with Crippen molar-refractivity contribution in [3.05, 3.63) is 50.7 Å². The molecule has 0 radical (unpaired) electrons. The van der Waals surface area contributed by atoms with Gasteiger partial charge >= 0.3 is 0 Å². The lowest BCUT2D eigenvalue weighted by Crippen LogP contribution is -2.43. The highest BCUT2D eigenvalue weighted by Crippen LogP contribution is 2.28. The van der Waals surface area contributed by atoms with E-state index in [1.165, 1.54) is 0 Å². The molecule has 1 N–H and O–H groups in total. The van der Waals surface area contributed by atoms with Gasteiger partial charge in [0.15, 0.2) is 5.82 Å². The lowest BCUT2D eigenvalue weighted by atomic mass is 10.1. The Kier molecular flexibility index (Phi) is 5.20. The Morgan fingerprint density at radius 3 is 2.86 bits per heavy atom. The van der Waals surface area contributed by atoms with Crippen LogP contribution in [0.3, 0.4) is 0 Å². The fraction of sp³-hybridized carbons (Fsp3) is 0.500. The Labute approximate surface area is 134 Å². The molecule has 0 spiro atoms. The number of rotatable bonds is 5. The zero-order chi connectivity index (χ0) is 16.3. The summed E-state index contributed by atoms with van der Waals surface area (Å²) in [7, 11) is 1.67. The third-order valence-electron chi connectivity index (χ3n) is 3.74. The summed E-state index contributed by atoms with van der Waals surface area (Å²) < 4.78 is 0. The van der Waals surface area contributed by atoms with Crippen molar-refractivity contribution in [1.29, 1.82) is 0 Å². The number of nitro groups is 1. The molecule has 0 aromatic carbocycles. The maximum absolute atomic E-state index is 11.3. The molecule has 0 fully saturated rings. The van der Waals surface area contributed by atoms with E-state index in [4.69, 9.17) is 11.6 Å². The lowest BCUT2D eigenvalue weighted by Gasteiger charge is -2.37. The number of pyridine rings is 1. The molecule has 0 aliphatic carbocycles. The molecule has 1 aromatic heterocycles. The van der Waals surface area contributed by atoms with Crippen LogP contribution in [0.2, 0.25) is 5.15 Å². The second kappa shape index (κ2) is 6.93. The quantitative estimate of drug-likeness (QED) is 0.506. The van der Waals surface area contributed by atoms with Gasteiger partial charge < -0.3 is 14.9 Å². The van der Waals surface area contributed by atoms with Crippen LogP contribution in [0.1, 0.15) is 25.3 Å². The van der Waals surface area contributed by atoms with Crippen molar-refractivity contribution in [2.24, 2.45) is 0 Å². The van der Waals surface area contributed by atoms with Gasteiger partial charge in [-0.1, -0.05) is 17.7 Å². The Bertz CT molecular complexity index is 576. The minimum absolute atomic E-state index is 0.136. The second-order valence-corrected chi connectivity index (χ2v) is 5.55. The molecule has 0 saturated heterocycles. The Balaban J connectivity index is 2.33. The molecule has 1 aliphatic heterocycles. The van der Waals surface area contributed by atoms with Gasteiger partial charge in [-0.25, -0.2) is 4.98 Å². The standard InChI is InChI=1S/C14H19ClN4O3/c1-3-18(9-10-4-6-12(15)16-8-10)14-11(19(21)22)5-7-13(20)17(14)2/h4,6,8,13,20H,3,5,7,9H2,1-2H3. The fourth-order valence-electron chi connectivity index (χ4n) is 2.55. The molecular weight excluding hydrogens is 308 g/mol. The zero-order valence-corrected chi connectivity index (χ0v) is 13.3. The van der Waals surface area contributed by atoms with Crippen molar-refractivity contribution in [1.82, 2.24) is 14.8 Å². The van der Waals surface area contributed by atoms with Crippen LogP contribution in [0.25, 0.3) is 0 Å². The second-order valence-electron chi connectivity index (χ2n) is 5.16. The zero-order valence-electron chi connectivity index (χ0n) is 12.6. The van der Waals surface area contributed by atoms with Gasteiger partial charge in [-0.15, -0.1) is 0 Å². The SMILES string of the molecule is CCN(Cc1ccc(Cl)nc1)C1=C([N+](=O)[O-])CCC(O)N1C. The Morgan fingerprint density at radius 1 is 1.59 bits per heavy atom. The van der Waals surface area contributed by atoms with Gasteiger partial charge in [0.2, 0.25) is 0 Å². The van der Waals surface area contributed by atoms with Crippen molar-refractivity contribution < 1.29 is 10.0 Å². The van der Waals surface area contributed by atoms with Crippen molar-refractivity contribution in [3.63, 3.8) is 0 Å². The summed E-state index contributed by atoms with van der Waals surface area (Å²) in [5, 5.41) is 21.7. The Morgan fingerprint density at radius 2 is 2.32 bits per heavy atom. The number of aromatic nitrogens is 1. The third kappa shape index (κ3) is 3.48. The van der Waals surface area contributed by atoms with E-state index in [2.05, 4.69) is 4.98 Å². The van der Waals surface area contributed by atoms with Crippen LogP contribution in [-0.4, -0.2) is 44.6 Å². The topological polar surface area (TPSA) is 82.7 Å². The number of hydrogen-bond donors (Lipinski definition) is 1. The Hall–Kier alpha value is -1.86. The third-order valence-corrected chi connectivity index (χ3v) is 3.97. The lowest BCUT2D eigenvalue weighted by molar-refractivity contribution is -0.434. The highest BCUT2D eigenvalue weighted by molar-refractivity contribution is 6.29. The van der Waals surface area contributed by atoms with E-state index in [0.29, 0.717) is 30.5 Å². The summed E-state index contributed by atoms with van der Waals surface area (Å²) in [6.45, 7) is 2.96. The van der Waals surface area contributed by atoms with Gasteiger partial charge in [-0.05, 0) is 18.6 Å². The predicted molar refractivity (Wildman–Crippen MR) is 82.4 cm³/mol. The van der Waals surface area contributed by atoms with Crippen molar-refractivity contribution in [3.8, 4) is 0 Å². The van der Waals surface area contributed by atoms with Gasteiger partial charge in [0.25, 0.3) is 5.70 Å². The van der Waals surface area contributed by atoms with Crippen LogP contribution in [0, 0.1) is 10.1 Å². The maximum Gasteiger partial charge on any atom is 0.286 e. The average molecular weight is 327 g/mol. The minimum Gasteiger partial charge on any atom is -0.374 e. The number of nitrogens with zero attached hydrogens (tertiary/aromatic N) is 4. The number of hydrogen-bond acceptors (Lipinski definition) is 6. The molecule has 1 atom stereocenters. The number of aliphatic hydroxyl groups excluding tert-OH is 1. The summed E-state index contributed by atoms with van der Waals surface area (Å²) >= 11 is 5.77. The molecule has 1 aliphatic rings. The summed E-state index contributed by atoms with van der Waals surface area (Å²) in [6, 6.07) is 3.52. The van der Waals surface area contributed by atoms with Crippen molar-refractivity contribution in [2.45, 2.75) is 32.5 Å². The average Bonchev–Trinajstić information content (AvgIpc) is 2.49. The molecule has 0 amide bonds. The van der Waals surface area contributed by atoms with E-state index < -0.39 is 6.23 Å². The van der Waals surface area contributed by atoms with Crippen LogP contribution in [0.5, 0.6) is 0 Å². The first-order chi connectivity index (χ1) is 10.4. The summed E-state index contributed by atoms with van der Waals surface area (Å²) in [4.78, 5) is 18.4. The van der Waals surface area contributed by atoms with Crippen LogP contribution in [0.4, 0.5) is 0 Å². The number of allylic oxidation sites excluding steroid dienone is 1. The van der Waals surface area contributed by atoms with E-state index in [9.17, 15) is 15.2 Å². The largest absolute Gasteiger partial charge is 0.374 e. The first kappa shape index (κ1) is 16.5. The van der Waals surface area contributed by atoms with E-state index >= 15 is 0 Å². The van der Waals surface area contributed by atoms with Gasteiger partial charge in [0.1, 0.15) is 11.4 Å². The van der Waals surface area contributed by atoms with E-state index in [-0.39, 0.29) is 17.0 Å². The van der Waals surface area contributed by atoms with Crippen LogP contribution in [-0.2, 0) is 6.54 Å². The molecule has 22 heavy (non-hydrogen) atoms. The van der Waals surface area contributed by atoms with E-state index in [0.717, 1.165) is 5.56 Å². The molecule has 2 rings (SSSR count). The molecule has 0 bridgehead atoms. The molecule has 1 aromatic rings. The monoisotopic (exact) mass is 326 g/mol. The molecule has 0 saturated carbocycles. The molecular formula is C14H19ClN4O3. The summed E-state index contributed by atoms with van der Waals surface area (Å²) in [6.07, 6.45) is 1.55. The van der Waals surface area contributed by atoms with Gasteiger partial charge in [-0.3, -0.25) is 10.1 Å². The summed E-state index contributed by atoms with van der Waals surface area (Å²) in [5.41, 5.74) is 1.03. The van der Waals surface area contributed by atoms with Gasteiger partial charge in [-0.2, -0.15) is 0 Å². The van der Waals surface area contributed by atoms with E-state index in [1.54, 1.807) is 24.2 Å². The minimum atomic E-state index is -0.712. The first-order valence-electron chi connectivity index (χ1n) is 7.07. The normalized spacial score (nSPS) is 18.5. The highest BCUT2D eigenvalue weighted by Gasteiger charge is 2.34. The van der Waals surface area contributed by atoms with Crippen molar-refractivity contribution >= 4 is 11.6 Å². The predicted octanol–water partition coefficient (Wildman–Crippen LogP) is 2.05. The molecule has 7 nitrogen and oxygen atoms in total. The molecule has 120 valence electrons. The first-order valence-corrected chi connectivity index (χ1v) is 7.45. The smallest absolute Gasteiger partial charge is 0.286 e. The van der Waals surface area contributed by atoms with Gasteiger partial charge in [0, 0.05) is 39.2 Å². The van der Waals surface area contributed by atoms with Crippen LogP contribution < -0.4 is 0 Å². The maximum atomic E-state index is 11.3. The fourth-order valence-corrected chi connectivity index (χ4v) is 2.66. The molecule has 8 heteroatoms. The molecule has 2 heterocycles. The van der Waals surface area contributed by atoms with Gasteiger partial charge in [0.05, 0.1) is 4.92 Å².